The van der Waals surface area contributed by atoms with E-state index in [9.17, 15) is 4.79 Å². The van der Waals surface area contributed by atoms with Crippen LogP contribution in [-0.4, -0.2) is 48.4 Å². The highest BCUT2D eigenvalue weighted by Crippen LogP contribution is 2.21. The summed E-state index contributed by atoms with van der Waals surface area (Å²) in [5, 5.41) is 0.749. The summed E-state index contributed by atoms with van der Waals surface area (Å²) in [4.78, 5) is 17.0. The maximum Gasteiger partial charge on any atom is 0.222 e. The number of nitrogens with zero attached hydrogens (tertiary/aromatic N) is 2. The molecule has 0 aliphatic carbocycles. The Balaban J connectivity index is 1.42. The maximum atomic E-state index is 12.4. The lowest BCUT2D eigenvalue weighted by molar-refractivity contribution is -0.130. The standard InChI is InChI=1S/C18H25ClN2O/c19-17-6-3-15(4-7-17)5-8-18(22)21-12-9-16(14-21)13-20-10-1-2-11-20/h3-4,6-7,16H,1-2,5,8-14H2/t16-/m1/s1. The lowest BCUT2D eigenvalue weighted by atomic mass is 10.1. The van der Waals surface area contributed by atoms with Gasteiger partial charge < -0.3 is 9.80 Å². The number of benzene rings is 1. The second-order valence-corrected chi connectivity index (χ2v) is 7.07. The zero-order valence-electron chi connectivity index (χ0n) is 13.1. The second-order valence-electron chi connectivity index (χ2n) is 6.63. The lowest BCUT2D eigenvalue weighted by Crippen LogP contribution is -2.32. The Kier molecular flexibility index (Phi) is 5.37. The smallest absolute Gasteiger partial charge is 0.222 e. The first kappa shape index (κ1) is 15.8. The van der Waals surface area contributed by atoms with Crippen molar-refractivity contribution >= 4 is 17.5 Å². The average Bonchev–Trinajstić information content (AvgIpc) is 3.19. The van der Waals surface area contributed by atoms with Crippen molar-refractivity contribution < 1.29 is 4.79 Å². The fourth-order valence-electron chi connectivity index (χ4n) is 3.60. The number of carbonyl (C=O) groups is 1. The highest BCUT2D eigenvalue weighted by atomic mass is 35.5. The molecule has 3 rings (SSSR count). The van der Waals surface area contributed by atoms with Crippen molar-refractivity contribution in [3.05, 3.63) is 34.9 Å². The zero-order chi connectivity index (χ0) is 15.4. The Labute approximate surface area is 138 Å². The van der Waals surface area contributed by atoms with E-state index in [0.717, 1.165) is 24.5 Å². The van der Waals surface area contributed by atoms with Crippen molar-refractivity contribution in [2.75, 3.05) is 32.7 Å². The van der Waals surface area contributed by atoms with Gasteiger partial charge in [-0.05, 0) is 62.4 Å². The molecule has 2 fully saturated rings. The molecule has 1 aromatic carbocycles. The maximum absolute atomic E-state index is 12.4. The molecule has 1 atom stereocenters. The van der Waals surface area contributed by atoms with Gasteiger partial charge >= 0.3 is 0 Å². The molecule has 0 saturated carbocycles. The summed E-state index contributed by atoms with van der Waals surface area (Å²) in [6.45, 7) is 5.58. The first-order chi connectivity index (χ1) is 10.7. The number of hydrogen-bond donors (Lipinski definition) is 0. The van der Waals surface area contributed by atoms with E-state index in [1.165, 1.54) is 44.5 Å². The van der Waals surface area contributed by atoms with Crippen molar-refractivity contribution in [1.82, 2.24) is 9.80 Å². The largest absolute Gasteiger partial charge is 0.342 e. The number of likely N-dealkylation sites (tertiary alicyclic amines) is 2. The van der Waals surface area contributed by atoms with Crippen molar-refractivity contribution in [1.29, 1.82) is 0 Å². The Morgan fingerprint density at radius 3 is 2.59 bits per heavy atom. The molecule has 2 heterocycles. The molecule has 0 bridgehead atoms. The molecule has 3 nitrogen and oxygen atoms in total. The van der Waals surface area contributed by atoms with Crippen molar-refractivity contribution in [2.24, 2.45) is 5.92 Å². The van der Waals surface area contributed by atoms with E-state index < -0.39 is 0 Å². The number of halogens is 1. The summed E-state index contributed by atoms with van der Waals surface area (Å²) < 4.78 is 0. The van der Waals surface area contributed by atoms with Crippen molar-refractivity contribution in [2.45, 2.75) is 32.1 Å². The van der Waals surface area contributed by atoms with Gasteiger partial charge in [-0.15, -0.1) is 0 Å². The molecule has 2 aliphatic heterocycles. The van der Waals surface area contributed by atoms with E-state index in [1.807, 2.05) is 24.3 Å². The van der Waals surface area contributed by atoms with Crippen LogP contribution in [-0.2, 0) is 11.2 Å². The van der Waals surface area contributed by atoms with E-state index in [1.54, 1.807) is 0 Å². The Morgan fingerprint density at radius 1 is 1.14 bits per heavy atom. The number of hydrogen-bond acceptors (Lipinski definition) is 2. The van der Waals surface area contributed by atoms with Gasteiger partial charge in [0.2, 0.25) is 5.91 Å². The summed E-state index contributed by atoms with van der Waals surface area (Å²) in [6.07, 6.45) is 5.28. The molecule has 2 aliphatic rings. The normalized spacial score (nSPS) is 22.4. The number of aryl methyl sites for hydroxylation is 1. The summed E-state index contributed by atoms with van der Waals surface area (Å²) >= 11 is 5.88. The molecule has 2 saturated heterocycles. The summed E-state index contributed by atoms with van der Waals surface area (Å²) in [5.74, 6) is 0.983. The molecule has 0 radical (unpaired) electrons. The Hall–Kier alpha value is -1.06. The third-order valence-electron chi connectivity index (χ3n) is 4.89. The van der Waals surface area contributed by atoms with Crippen LogP contribution in [0.25, 0.3) is 0 Å². The minimum absolute atomic E-state index is 0.305. The third-order valence-corrected chi connectivity index (χ3v) is 5.15. The second kappa shape index (κ2) is 7.47. The first-order valence-electron chi connectivity index (χ1n) is 8.45. The van der Waals surface area contributed by atoms with E-state index in [-0.39, 0.29) is 0 Å². The first-order valence-corrected chi connectivity index (χ1v) is 8.83. The van der Waals surface area contributed by atoms with Crippen molar-refractivity contribution in [3.63, 3.8) is 0 Å². The van der Waals surface area contributed by atoms with E-state index >= 15 is 0 Å². The van der Waals surface area contributed by atoms with Gasteiger partial charge in [-0.2, -0.15) is 0 Å². The van der Waals surface area contributed by atoms with Crippen molar-refractivity contribution in [3.8, 4) is 0 Å². The van der Waals surface area contributed by atoms with E-state index in [2.05, 4.69) is 9.80 Å². The van der Waals surface area contributed by atoms with Gasteiger partial charge in [0.25, 0.3) is 0 Å². The molecule has 120 valence electrons. The van der Waals surface area contributed by atoms with E-state index in [4.69, 9.17) is 11.6 Å². The molecule has 0 aromatic heterocycles. The highest BCUT2D eigenvalue weighted by Gasteiger charge is 2.27. The van der Waals surface area contributed by atoms with Gasteiger partial charge in [-0.25, -0.2) is 0 Å². The molecule has 1 amide bonds. The van der Waals surface area contributed by atoms with Gasteiger partial charge in [0, 0.05) is 31.1 Å². The van der Waals surface area contributed by atoms with Gasteiger partial charge in [0.15, 0.2) is 0 Å². The monoisotopic (exact) mass is 320 g/mol. The van der Waals surface area contributed by atoms with Gasteiger partial charge in [-0.1, -0.05) is 23.7 Å². The fourth-order valence-corrected chi connectivity index (χ4v) is 3.72. The molecular formula is C18H25ClN2O. The summed E-state index contributed by atoms with van der Waals surface area (Å²) in [6, 6.07) is 7.80. The fraction of sp³-hybridized carbons (Fsp3) is 0.611. The average molecular weight is 321 g/mol. The number of carbonyl (C=O) groups excluding carboxylic acids is 1. The SMILES string of the molecule is O=C(CCc1ccc(Cl)cc1)N1CC[C@H](CN2CCCC2)C1. The Morgan fingerprint density at radius 2 is 1.86 bits per heavy atom. The summed E-state index contributed by atoms with van der Waals surface area (Å²) in [5.41, 5.74) is 1.19. The minimum atomic E-state index is 0.305. The van der Waals surface area contributed by atoms with Crippen LogP contribution in [0.4, 0.5) is 0 Å². The molecular weight excluding hydrogens is 296 g/mol. The van der Waals surface area contributed by atoms with Crippen LogP contribution in [0, 0.1) is 5.92 Å². The topological polar surface area (TPSA) is 23.6 Å². The van der Waals surface area contributed by atoms with Crippen LogP contribution >= 0.6 is 11.6 Å². The molecule has 0 unspecified atom stereocenters. The van der Waals surface area contributed by atoms with Crippen LogP contribution in [0.1, 0.15) is 31.2 Å². The van der Waals surface area contributed by atoms with Crippen LogP contribution in [0.15, 0.2) is 24.3 Å². The van der Waals surface area contributed by atoms with E-state index in [0.29, 0.717) is 18.2 Å². The van der Waals surface area contributed by atoms with Crippen LogP contribution in [0.5, 0.6) is 0 Å². The Bertz CT molecular complexity index is 496. The van der Waals surface area contributed by atoms with Crippen LogP contribution in [0.2, 0.25) is 5.02 Å². The van der Waals surface area contributed by atoms with Gasteiger partial charge in [0.1, 0.15) is 0 Å². The molecule has 4 heteroatoms. The number of amides is 1. The quantitative estimate of drug-likeness (QED) is 0.831. The molecule has 0 N–H and O–H groups in total. The molecule has 22 heavy (non-hydrogen) atoms. The van der Waals surface area contributed by atoms with Crippen LogP contribution in [0.3, 0.4) is 0 Å². The van der Waals surface area contributed by atoms with Crippen LogP contribution < -0.4 is 0 Å². The molecule has 1 aromatic rings. The lowest BCUT2D eigenvalue weighted by Gasteiger charge is -2.20. The van der Waals surface area contributed by atoms with Gasteiger partial charge in [-0.3, -0.25) is 4.79 Å². The molecule has 0 spiro atoms. The predicted octanol–water partition coefficient (Wildman–Crippen LogP) is 3.22. The highest BCUT2D eigenvalue weighted by molar-refractivity contribution is 6.30. The minimum Gasteiger partial charge on any atom is -0.342 e. The van der Waals surface area contributed by atoms with Gasteiger partial charge in [0.05, 0.1) is 0 Å². The third kappa shape index (κ3) is 4.23. The predicted molar refractivity (Wildman–Crippen MR) is 90.1 cm³/mol. The number of rotatable bonds is 5. The summed E-state index contributed by atoms with van der Waals surface area (Å²) in [7, 11) is 0. The zero-order valence-corrected chi connectivity index (χ0v) is 13.9.